The fourth-order valence-electron chi connectivity index (χ4n) is 2.68. The van der Waals surface area contributed by atoms with Crippen LogP contribution in [0.1, 0.15) is 16.7 Å². The van der Waals surface area contributed by atoms with E-state index in [0.717, 1.165) is 33.4 Å². The summed E-state index contributed by atoms with van der Waals surface area (Å²) in [6.45, 7) is 1.98. The molecule has 0 unspecified atom stereocenters. The Labute approximate surface area is 161 Å². The zero-order valence-electron chi connectivity index (χ0n) is 14.0. The van der Waals surface area contributed by atoms with Gasteiger partial charge in [-0.3, -0.25) is 9.69 Å². The summed E-state index contributed by atoms with van der Waals surface area (Å²) in [6, 6.07) is 15.7. The van der Waals surface area contributed by atoms with E-state index in [1.165, 1.54) is 0 Å². The molecule has 0 N–H and O–H groups in total. The molecule has 0 aromatic heterocycles. The second-order valence-corrected chi connectivity index (χ2v) is 7.66. The number of amides is 1. The smallest absolute Gasteiger partial charge is 0.266 e. The normalized spacial score (nSPS) is 17.0. The van der Waals surface area contributed by atoms with Crippen molar-refractivity contribution >= 4 is 46.3 Å². The lowest BCUT2D eigenvalue weighted by atomic mass is 10.0. The van der Waals surface area contributed by atoms with E-state index in [1.807, 2.05) is 61.5 Å². The molecule has 0 radical (unpaired) electrons. The minimum absolute atomic E-state index is 0.146. The van der Waals surface area contributed by atoms with Crippen LogP contribution < -0.4 is 5.11 Å². The summed E-state index contributed by atoms with van der Waals surface area (Å²) in [6.07, 6.45) is 1.88. The first-order chi connectivity index (χ1) is 12.5. The standard InChI is InChI=1S/C20H17NO3S2/c1-13-7-9-15(10-8-13)12-17-18(22)21(20(25)26-17)16(19(23)24)11-14-5-3-2-4-6-14/h2-10,12,16H,11H2,1H3,(H,23,24)/p-1/b17-12+/t16-/m0/s1. The van der Waals surface area contributed by atoms with Gasteiger partial charge in [0.1, 0.15) is 4.32 Å². The van der Waals surface area contributed by atoms with E-state index in [-0.39, 0.29) is 10.7 Å². The van der Waals surface area contributed by atoms with Gasteiger partial charge in [0.15, 0.2) is 0 Å². The number of carboxylic acid groups (broad SMARTS) is 1. The predicted molar refractivity (Wildman–Crippen MR) is 105 cm³/mol. The Balaban J connectivity index is 1.86. The summed E-state index contributed by atoms with van der Waals surface area (Å²) in [4.78, 5) is 26.0. The van der Waals surface area contributed by atoms with Crippen LogP contribution in [-0.4, -0.2) is 27.1 Å². The fraction of sp³-hybridized carbons (Fsp3) is 0.150. The average molecular weight is 382 g/mol. The second-order valence-electron chi connectivity index (χ2n) is 5.99. The molecule has 6 heteroatoms. The number of aliphatic carboxylic acids is 1. The molecule has 132 valence electrons. The minimum atomic E-state index is -1.32. The molecular formula is C20H16NO3S2-. The number of thiocarbonyl (C=S) groups is 1. The number of carbonyl (C=O) groups is 2. The Kier molecular flexibility index (Phi) is 5.54. The Morgan fingerprint density at radius 1 is 1.19 bits per heavy atom. The summed E-state index contributed by atoms with van der Waals surface area (Å²) in [5.41, 5.74) is 2.79. The van der Waals surface area contributed by atoms with Gasteiger partial charge in [-0.2, -0.15) is 0 Å². The van der Waals surface area contributed by atoms with E-state index < -0.39 is 17.9 Å². The van der Waals surface area contributed by atoms with Crippen molar-refractivity contribution in [2.24, 2.45) is 0 Å². The number of thioether (sulfide) groups is 1. The third-order valence-corrected chi connectivity index (χ3v) is 5.38. The molecule has 1 aliphatic rings. The van der Waals surface area contributed by atoms with Gasteiger partial charge in [0, 0.05) is 0 Å². The van der Waals surface area contributed by atoms with E-state index in [1.54, 1.807) is 6.08 Å². The lowest BCUT2D eigenvalue weighted by molar-refractivity contribution is -0.310. The lowest BCUT2D eigenvalue weighted by Crippen LogP contribution is -2.51. The van der Waals surface area contributed by atoms with Crippen LogP contribution >= 0.6 is 24.0 Å². The third kappa shape index (κ3) is 4.03. The van der Waals surface area contributed by atoms with Crippen molar-refractivity contribution in [3.05, 3.63) is 76.2 Å². The van der Waals surface area contributed by atoms with Crippen LogP contribution in [0.4, 0.5) is 0 Å². The number of hydrogen-bond donors (Lipinski definition) is 0. The fourth-order valence-corrected chi connectivity index (χ4v) is 4.04. The van der Waals surface area contributed by atoms with E-state index >= 15 is 0 Å². The van der Waals surface area contributed by atoms with E-state index in [9.17, 15) is 14.7 Å². The number of nitrogens with zero attached hydrogens (tertiary/aromatic N) is 1. The summed E-state index contributed by atoms with van der Waals surface area (Å²) >= 11 is 6.39. The molecule has 2 aromatic rings. The van der Waals surface area contributed by atoms with Gasteiger partial charge in [-0.05, 0) is 30.5 Å². The Hall–Kier alpha value is -2.44. The lowest BCUT2D eigenvalue weighted by Gasteiger charge is -2.27. The molecule has 0 aliphatic carbocycles. The molecule has 3 rings (SSSR count). The Bertz CT molecular complexity index is 876. The number of benzene rings is 2. The highest BCUT2D eigenvalue weighted by molar-refractivity contribution is 8.26. The van der Waals surface area contributed by atoms with Crippen LogP contribution in [0.2, 0.25) is 0 Å². The number of hydrogen-bond acceptors (Lipinski definition) is 5. The first-order valence-electron chi connectivity index (χ1n) is 8.04. The second kappa shape index (κ2) is 7.85. The molecule has 2 aromatic carbocycles. The van der Waals surface area contributed by atoms with Gasteiger partial charge in [-0.1, -0.05) is 84.1 Å². The highest BCUT2D eigenvalue weighted by atomic mass is 32.2. The van der Waals surface area contributed by atoms with Crippen LogP contribution in [0.15, 0.2) is 59.5 Å². The number of rotatable bonds is 5. The van der Waals surface area contributed by atoms with Crippen molar-refractivity contribution in [1.29, 1.82) is 0 Å². The van der Waals surface area contributed by atoms with Gasteiger partial charge in [0.2, 0.25) is 0 Å². The predicted octanol–water partition coefficient (Wildman–Crippen LogP) is 2.56. The number of aryl methyl sites for hydroxylation is 1. The Morgan fingerprint density at radius 3 is 2.46 bits per heavy atom. The molecular weight excluding hydrogens is 366 g/mol. The van der Waals surface area contributed by atoms with Crippen molar-refractivity contribution in [3.63, 3.8) is 0 Å². The molecule has 26 heavy (non-hydrogen) atoms. The number of carboxylic acids is 1. The average Bonchev–Trinajstić information content (AvgIpc) is 2.89. The first kappa shape index (κ1) is 18.4. The van der Waals surface area contributed by atoms with Crippen molar-refractivity contribution in [2.45, 2.75) is 19.4 Å². The molecule has 1 amide bonds. The molecule has 0 saturated carbocycles. The first-order valence-corrected chi connectivity index (χ1v) is 9.26. The summed E-state index contributed by atoms with van der Waals surface area (Å²) in [7, 11) is 0. The van der Waals surface area contributed by atoms with Gasteiger partial charge in [-0.25, -0.2) is 0 Å². The number of carbonyl (C=O) groups excluding carboxylic acids is 2. The largest absolute Gasteiger partial charge is 0.548 e. The van der Waals surface area contributed by atoms with E-state index in [4.69, 9.17) is 12.2 Å². The van der Waals surface area contributed by atoms with Crippen LogP contribution in [-0.2, 0) is 16.0 Å². The van der Waals surface area contributed by atoms with Crippen LogP contribution in [0.3, 0.4) is 0 Å². The molecule has 1 atom stereocenters. The molecule has 4 nitrogen and oxygen atoms in total. The topological polar surface area (TPSA) is 60.4 Å². The van der Waals surface area contributed by atoms with Gasteiger partial charge >= 0.3 is 0 Å². The summed E-state index contributed by atoms with van der Waals surface area (Å²) < 4.78 is 0.235. The molecule has 1 saturated heterocycles. The zero-order valence-corrected chi connectivity index (χ0v) is 15.7. The van der Waals surface area contributed by atoms with E-state index in [0.29, 0.717) is 4.91 Å². The van der Waals surface area contributed by atoms with Crippen LogP contribution in [0.5, 0.6) is 0 Å². The quantitative estimate of drug-likeness (QED) is 0.588. The summed E-state index contributed by atoms with van der Waals surface area (Å²) in [5.74, 6) is -1.72. The minimum Gasteiger partial charge on any atom is -0.548 e. The molecule has 0 spiro atoms. The van der Waals surface area contributed by atoms with E-state index in [2.05, 4.69) is 0 Å². The van der Waals surface area contributed by atoms with Gasteiger partial charge < -0.3 is 9.90 Å². The van der Waals surface area contributed by atoms with Crippen molar-refractivity contribution in [3.8, 4) is 0 Å². The van der Waals surface area contributed by atoms with Crippen molar-refractivity contribution in [2.75, 3.05) is 0 Å². The maximum Gasteiger partial charge on any atom is 0.266 e. The highest BCUT2D eigenvalue weighted by Crippen LogP contribution is 2.34. The van der Waals surface area contributed by atoms with Gasteiger partial charge in [-0.15, -0.1) is 0 Å². The zero-order chi connectivity index (χ0) is 18.7. The van der Waals surface area contributed by atoms with Crippen molar-refractivity contribution in [1.82, 2.24) is 4.90 Å². The monoisotopic (exact) mass is 382 g/mol. The van der Waals surface area contributed by atoms with Gasteiger partial charge in [0.25, 0.3) is 5.91 Å². The van der Waals surface area contributed by atoms with Crippen LogP contribution in [0.25, 0.3) is 6.08 Å². The highest BCUT2D eigenvalue weighted by Gasteiger charge is 2.37. The van der Waals surface area contributed by atoms with Crippen LogP contribution in [0, 0.1) is 6.92 Å². The maximum absolute atomic E-state index is 12.8. The molecule has 1 heterocycles. The molecule has 1 fully saturated rings. The molecule has 1 aliphatic heterocycles. The van der Waals surface area contributed by atoms with Gasteiger partial charge in [0.05, 0.1) is 16.9 Å². The van der Waals surface area contributed by atoms with Crippen molar-refractivity contribution < 1.29 is 14.7 Å². The SMILES string of the molecule is Cc1ccc(/C=C2/SC(=S)N([C@@H](Cc3ccccc3)C(=O)[O-])C2=O)cc1. The maximum atomic E-state index is 12.8. The summed E-state index contributed by atoms with van der Waals surface area (Å²) in [5, 5.41) is 11.7. The molecule has 0 bridgehead atoms. The third-order valence-electron chi connectivity index (χ3n) is 4.05. The Morgan fingerprint density at radius 2 is 1.85 bits per heavy atom.